The number of allylic oxidation sites excluding steroid dienone is 1. The lowest BCUT2D eigenvalue weighted by Crippen LogP contribution is -2.22. The molecule has 0 saturated carbocycles. The van der Waals surface area contributed by atoms with Crippen molar-refractivity contribution in [1.82, 2.24) is 23.7 Å². The first-order chi connectivity index (χ1) is 17.4. The lowest BCUT2D eigenvalue weighted by Gasteiger charge is -2.11. The molecule has 0 radical (unpaired) electrons. The minimum absolute atomic E-state index is 0.00618. The van der Waals surface area contributed by atoms with Gasteiger partial charge in [-0.15, -0.1) is 16.8 Å². The third-order valence-corrected chi connectivity index (χ3v) is 7.11. The molecule has 0 unspecified atom stereocenters. The van der Waals surface area contributed by atoms with Gasteiger partial charge in [-0.25, -0.2) is 0 Å². The maximum absolute atomic E-state index is 13.3. The zero-order valence-electron chi connectivity index (χ0n) is 20.3. The van der Waals surface area contributed by atoms with E-state index in [2.05, 4.69) is 21.3 Å². The summed E-state index contributed by atoms with van der Waals surface area (Å²) in [6, 6.07) is 17.0. The van der Waals surface area contributed by atoms with Crippen molar-refractivity contribution >= 4 is 34.2 Å². The fourth-order valence-electron chi connectivity index (χ4n) is 4.50. The van der Waals surface area contributed by atoms with E-state index in [1.54, 1.807) is 19.3 Å². The Kier molecular flexibility index (Phi) is 6.24. The van der Waals surface area contributed by atoms with Gasteiger partial charge in [-0.1, -0.05) is 30.0 Å². The van der Waals surface area contributed by atoms with Crippen LogP contribution >= 0.6 is 11.8 Å². The fraction of sp³-hybridized carbons (Fsp3) is 0.185. The first-order valence-electron chi connectivity index (χ1n) is 11.4. The van der Waals surface area contributed by atoms with E-state index >= 15 is 0 Å². The van der Waals surface area contributed by atoms with Gasteiger partial charge in [0, 0.05) is 29.2 Å². The van der Waals surface area contributed by atoms with Crippen LogP contribution in [0.15, 0.2) is 77.2 Å². The quantitative estimate of drug-likeness (QED) is 0.176. The van der Waals surface area contributed by atoms with E-state index in [0.29, 0.717) is 33.9 Å². The number of hydrogen-bond acceptors (Lipinski definition) is 6. The van der Waals surface area contributed by atoms with Gasteiger partial charge >= 0.3 is 0 Å². The molecule has 3 aromatic heterocycles. The molecule has 0 atom stereocenters. The van der Waals surface area contributed by atoms with Crippen LogP contribution in [-0.2, 0) is 6.54 Å². The van der Waals surface area contributed by atoms with Crippen molar-refractivity contribution in [2.45, 2.75) is 25.5 Å². The maximum atomic E-state index is 13.3. The van der Waals surface area contributed by atoms with Gasteiger partial charge in [0.15, 0.2) is 10.9 Å². The van der Waals surface area contributed by atoms with E-state index < -0.39 is 0 Å². The Morgan fingerprint density at radius 1 is 1.11 bits per heavy atom. The number of methoxy groups -OCH3 is 1. The lowest BCUT2D eigenvalue weighted by atomic mass is 10.2. The van der Waals surface area contributed by atoms with Gasteiger partial charge in [0.1, 0.15) is 5.75 Å². The summed E-state index contributed by atoms with van der Waals surface area (Å²) in [7, 11) is 1.63. The molecule has 3 heterocycles. The van der Waals surface area contributed by atoms with Crippen LogP contribution < -0.4 is 10.3 Å². The van der Waals surface area contributed by atoms with Crippen LogP contribution in [0.1, 0.15) is 21.7 Å². The molecule has 182 valence electrons. The number of benzene rings is 2. The number of para-hydroxylation sites is 1. The molecule has 5 aromatic rings. The second-order valence-electron chi connectivity index (χ2n) is 8.37. The molecule has 0 aliphatic rings. The predicted octanol–water partition coefficient (Wildman–Crippen LogP) is 4.62. The second-order valence-corrected chi connectivity index (χ2v) is 9.31. The van der Waals surface area contributed by atoms with Crippen molar-refractivity contribution in [2.75, 3.05) is 12.9 Å². The molecule has 0 N–H and O–H groups in total. The summed E-state index contributed by atoms with van der Waals surface area (Å²) in [5.41, 5.74) is 4.03. The Bertz CT molecular complexity index is 1680. The number of fused-ring (bicyclic) bond motifs is 3. The number of Topliss-reactive ketones (excluding diaryl/α,β-unsaturated/α-hetero) is 1. The Hall–Kier alpha value is -4.11. The number of hydrogen-bond donors (Lipinski definition) is 0. The van der Waals surface area contributed by atoms with Crippen LogP contribution in [0, 0.1) is 13.8 Å². The molecule has 5 rings (SSSR count). The summed E-state index contributed by atoms with van der Waals surface area (Å²) >= 11 is 1.30. The lowest BCUT2D eigenvalue weighted by molar-refractivity contribution is 0.102. The topological polar surface area (TPSA) is 83.4 Å². The molecule has 0 fully saturated rings. The molecule has 0 spiro atoms. The third-order valence-electron chi connectivity index (χ3n) is 6.18. The van der Waals surface area contributed by atoms with E-state index in [1.165, 1.54) is 16.3 Å². The van der Waals surface area contributed by atoms with Crippen LogP contribution in [0.2, 0.25) is 0 Å². The van der Waals surface area contributed by atoms with E-state index in [0.717, 1.165) is 22.8 Å². The predicted molar refractivity (Wildman–Crippen MR) is 142 cm³/mol. The molecule has 0 bridgehead atoms. The number of aryl methyl sites for hydroxylation is 1. The fourth-order valence-corrected chi connectivity index (χ4v) is 5.33. The highest BCUT2D eigenvalue weighted by molar-refractivity contribution is 7.99. The smallest absolute Gasteiger partial charge is 0.263 e. The summed E-state index contributed by atoms with van der Waals surface area (Å²) in [6.07, 6.45) is 1.65. The zero-order valence-corrected chi connectivity index (χ0v) is 21.1. The van der Waals surface area contributed by atoms with Crippen LogP contribution in [-0.4, -0.2) is 42.4 Å². The van der Waals surface area contributed by atoms with E-state index in [4.69, 9.17) is 4.74 Å². The Morgan fingerprint density at radius 3 is 2.58 bits per heavy atom. The number of thioether (sulfide) groups is 1. The van der Waals surface area contributed by atoms with Gasteiger partial charge in [-0.3, -0.25) is 18.6 Å². The molecule has 0 aliphatic heterocycles. The number of nitrogens with zero attached hydrogens (tertiary/aromatic N) is 5. The van der Waals surface area contributed by atoms with Gasteiger partial charge in [0.05, 0.1) is 23.8 Å². The zero-order chi connectivity index (χ0) is 25.4. The first kappa shape index (κ1) is 23.6. The highest BCUT2D eigenvalue weighted by Gasteiger charge is 2.20. The Balaban J connectivity index is 1.48. The molecule has 2 aromatic carbocycles. The number of rotatable bonds is 8. The molecule has 0 amide bonds. The Labute approximate surface area is 211 Å². The molecular weight excluding hydrogens is 474 g/mol. The largest absolute Gasteiger partial charge is 0.497 e. The summed E-state index contributed by atoms with van der Waals surface area (Å²) in [5, 5.41) is 9.70. The van der Waals surface area contributed by atoms with Crippen molar-refractivity contribution in [3.8, 4) is 11.4 Å². The molecule has 36 heavy (non-hydrogen) atoms. The molecule has 8 nitrogen and oxygen atoms in total. The van der Waals surface area contributed by atoms with Gasteiger partial charge < -0.3 is 9.30 Å². The van der Waals surface area contributed by atoms with Crippen LogP contribution in [0.25, 0.3) is 22.4 Å². The number of ketones is 1. The van der Waals surface area contributed by atoms with Crippen molar-refractivity contribution in [3.63, 3.8) is 0 Å². The number of aromatic nitrogens is 5. The highest BCUT2D eigenvalue weighted by Crippen LogP contribution is 2.26. The average Bonchev–Trinajstić information content (AvgIpc) is 3.45. The average molecular weight is 500 g/mol. The monoisotopic (exact) mass is 499 g/mol. The van der Waals surface area contributed by atoms with Gasteiger partial charge in [-0.2, -0.15) is 0 Å². The minimum Gasteiger partial charge on any atom is -0.497 e. The van der Waals surface area contributed by atoms with Gasteiger partial charge in [0.2, 0.25) is 5.78 Å². The van der Waals surface area contributed by atoms with Crippen LogP contribution in [0.4, 0.5) is 0 Å². The number of ether oxygens (including phenoxy) is 1. The maximum Gasteiger partial charge on any atom is 0.263 e. The summed E-state index contributed by atoms with van der Waals surface area (Å²) in [4.78, 5) is 26.3. The molecule has 0 aliphatic carbocycles. The summed E-state index contributed by atoms with van der Waals surface area (Å²) in [6.45, 7) is 8.00. The van der Waals surface area contributed by atoms with Crippen LogP contribution in [0.3, 0.4) is 0 Å². The highest BCUT2D eigenvalue weighted by atomic mass is 32.2. The number of carbonyl (C=O) groups is 1. The van der Waals surface area contributed by atoms with Crippen molar-refractivity contribution in [3.05, 3.63) is 94.6 Å². The molecule has 9 heteroatoms. The first-order valence-corrected chi connectivity index (χ1v) is 12.4. The normalized spacial score (nSPS) is 11.3. The van der Waals surface area contributed by atoms with Gasteiger partial charge in [0.25, 0.3) is 5.56 Å². The van der Waals surface area contributed by atoms with Crippen molar-refractivity contribution in [1.29, 1.82) is 0 Å². The SMILES string of the molecule is C=CCn1c(=O)c2ccccc2n2c(SCC(=O)c3cc(C)n(-c4ccc(OC)cc4)c3C)nnc12. The van der Waals surface area contributed by atoms with Crippen molar-refractivity contribution in [2.24, 2.45) is 0 Å². The Morgan fingerprint density at radius 2 is 1.86 bits per heavy atom. The van der Waals surface area contributed by atoms with Crippen molar-refractivity contribution < 1.29 is 9.53 Å². The summed E-state index contributed by atoms with van der Waals surface area (Å²) in [5.74, 6) is 1.38. The van der Waals surface area contributed by atoms with E-state index in [-0.39, 0.29) is 17.1 Å². The minimum atomic E-state index is -0.149. The second kappa shape index (κ2) is 9.50. The van der Waals surface area contributed by atoms with E-state index in [9.17, 15) is 9.59 Å². The van der Waals surface area contributed by atoms with Gasteiger partial charge in [-0.05, 0) is 56.3 Å². The standard InChI is InChI=1S/C27H25N5O3S/c1-5-14-30-25(34)21-8-6-7-9-23(21)32-26(30)28-29-27(32)36-16-24(33)22-15-17(2)31(18(22)3)19-10-12-20(35-4)13-11-19/h5-13,15H,1,14,16H2,2-4H3. The van der Waals surface area contributed by atoms with E-state index in [1.807, 2.05) is 66.8 Å². The molecular formula is C27H25N5O3S. The summed E-state index contributed by atoms with van der Waals surface area (Å²) < 4.78 is 10.7. The third kappa shape index (κ3) is 3.91. The molecule has 0 saturated heterocycles. The number of carbonyl (C=O) groups excluding carboxylic acids is 1. The van der Waals surface area contributed by atoms with Crippen LogP contribution in [0.5, 0.6) is 5.75 Å².